The van der Waals surface area contributed by atoms with Crippen molar-refractivity contribution in [1.29, 1.82) is 0 Å². The number of imidazole rings is 1. The molecule has 114 valence electrons. The summed E-state index contributed by atoms with van der Waals surface area (Å²) in [6.45, 7) is 1.41. The van der Waals surface area contributed by atoms with E-state index in [2.05, 4.69) is 28.2 Å². The molecule has 0 saturated carbocycles. The Morgan fingerprint density at radius 1 is 1.09 bits per heavy atom. The number of carbonyl (C=O) groups excluding carboxylic acids is 1. The van der Waals surface area contributed by atoms with Gasteiger partial charge in [0.2, 0.25) is 0 Å². The fourth-order valence-corrected chi connectivity index (χ4v) is 2.91. The van der Waals surface area contributed by atoms with Gasteiger partial charge in [-0.25, -0.2) is 9.97 Å². The summed E-state index contributed by atoms with van der Waals surface area (Å²) in [7, 11) is 0. The summed E-state index contributed by atoms with van der Waals surface area (Å²) in [5, 5.41) is 0. The van der Waals surface area contributed by atoms with Crippen LogP contribution in [0.4, 0.5) is 0 Å². The molecule has 1 aromatic carbocycles. The van der Waals surface area contributed by atoms with Crippen LogP contribution in [0.3, 0.4) is 0 Å². The third-order valence-electron chi connectivity index (χ3n) is 4.18. The van der Waals surface area contributed by atoms with Crippen LogP contribution in [-0.4, -0.2) is 31.9 Å². The molecular formula is C18H16N4O. The van der Waals surface area contributed by atoms with E-state index in [1.54, 1.807) is 18.7 Å². The Balaban J connectivity index is 1.53. The summed E-state index contributed by atoms with van der Waals surface area (Å²) < 4.78 is 1.81. The number of carbonyl (C=O) groups is 1. The van der Waals surface area contributed by atoms with Gasteiger partial charge < -0.3 is 4.90 Å². The van der Waals surface area contributed by atoms with Crippen LogP contribution in [0.25, 0.3) is 5.82 Å². The van der Waals surface area contributed by atoms with Crippen LogP contribution in [0.15, 0.2) is 61.3 Å². The molecule has 0 unspecified atom stereocenters. The average molecular weight is 304 g/mol. The first-order chi connectivity index (χ1) is 11.3. The molecule has 0 aliphatic carbocycles. The molecule has 0 bridgehead atoms. The SMILES string of the molecule is O=C(c1ccc(-n2ccnc2)nc1)N1CCc2ccccc2C1. The maximum atomic E-state index is 12.7. The Hall–Kier alpha value is -2.95. The predicted molar refractivity (Wildman–Crippen MR) is 86.2 cm³/mol. The van der Waals surface area contributed by atoms with E-state index in [4.69, 9.17) is 0 Å². The Kier molecular flexibility index (Phi) is 3.38. The Bertz CT molecular complexity index is 824. The lowest BCUT2D eigenvalue weighted by atomic mass is 9.99. The number of hydrogen-bond acceptors (Lipinski definition) is 3. The van der Waals surface area contributed by atoms with Gasteiger partial charge in [0.15, 0.2) is 0 Å². The lowest BCUT2D eigenvalue weighted by molar-refractivity contribution is 0.0734. The number of rotatable bonds is 2. The summed E-state index contributed by atoms with van der Waals surface area (Å²) in [6, 6.07) is 12.0. The first kappa shape index (κ1) is 13.7. The first-order valence-corrected chi connectivity index (χ1v) is 7.62. The molecule has 0 fully saturated rings. The number of pyridine rings is 1. The summed E-state index contributed by atoms with van der Waals surface area (Å²) in [6.07, 6.45) is 7.75. The van der Waals surface area contributed by atoms with E-state index < -0.39 is 0 Å². The molecule has 0 atom stereocenters. The monoisotopic (exact) mass is 304 g/mol. The molecule has 1 aliphatic rings. The summed E-state index contributed by atoms with van der Waals surface area (Å²) >= 11 is 0. The van der Waals surface area contributed by atoms with E-state index in [-0.39, 0.29) is 5.91 Å². The van der Waals surface area contributed by atoms with Crippen LogP contribution in [0.2, 0.25) is 0 Å². The second-order valence-corrected chi connectivity index (χ2v) is 5.62. The van der Waals surface area contributed by atoms with Gasteiger partial charge in [-0.2, -0.15) is 0 Å². The van der Waals surface area contributed by atoms with Crippen LogP contribution >= 0.6 is 0 Å². The van der Waals surface area contributed by atoms with Crippen LogP contribution in [-0.2, 0) is 13.0 Å². The van der Waals surface area contributed by atoms with Gasteiger partial charge in [-0.15, -0.1) is 0 Å². The van der Waals surface area contributed by atoms with Crippen molar-refractivity contribution < 1.29 is 4.79 Å². The fourth-order valence-electron chi connectivity index (χ4n) is 2.91. The van der Waals surface area contributed by atoms with Crippen molar-refractivity contribution >= 4 is 5.91 Å². The minimum absolute atomic E-state index is 0.0317. The maximum absolute atomic E-state index is 12.7. The number of fused-ring (bicyclic) bond motifs is 1. The third-order valence-corrected chi connectivity index (χ3v) is 4.18. The molecule has 23 heavy (non-hydrogen) atoms. The molecule has 0 radical (unpaired) electrons. The van der Waals surface area contributed by atoms with Crippen molar-refractivity contribution in [1.82, 2.24) is 19.4 Å². The third kappa shape index (κ3) is 2.61. The fraction of sp³-hybridized carbons (Fsp3) is 0.167. The number of nitrogens with zero attached hydrogens (tertiary/aromatic N) is 4. The Morgan fingerprint density at radius 2 is 1.96 bits per heavy atom. The highest BCUT2D eigenvalue weighted by atomic mass is 16.2. The molecule has 3 aromatic rings. The van der Waals surface area contributed by atoms with Crippen LogP contribution in [0, 0.1) is 0 Å². The summed E-state index contributed by atoms with van der Waals surface area (Å²) in [5.41, 5.74) is 3.19. The molecule has 0 spiro atoms. The van der Waals surface area contributed by atoms with Crippen molar-refractivity contribution in [3.05, 3.63) is 78.0 Å². The molecule has 0 saturated heterocycles. The average Bonchev–Trinajstić information content (AvgIpc) is 3.15. The second kappa shape index (κ2) is 5.68. The van der Waals surface area contributed by atoms with Crippen molar-refractivity contribution in [3.8, 4) is 5.82 Å². The summed E-state index contributed by atoms with van der Waals surface area (Å²) in [4.78, 5) is 22.9. The quantitative estimate of drug-likeness (QED) is 0.731. The number of hydrogen-bond donors (Lipinski definition) is 0. The highest BCUT2D eigenvalue weighted by Crippen LogP contribution is 2.20. The lowest BCUT2D eigenvalue weighted by Gasteiger charge is -2.28. The largest absolute Gasteiger partial charge is 0.334 e. The number of aromatic nitrogens is 3. The minimum Gasteiger partial charge on any atom is -0.334 e. The van der Waals surface area contributed by atoms with E-state index in [0.717, 1.165) is 18.8 Å². The molecule has 5 heteroatoms. The molecular weight excluding hydrogens is 288 g/mol. The number of benzene rings is 1. The maximum Gasteiger partial charge on any atom is 0.255 e. The van der Waals surface area contributed by atoms with E-state index >= 15 is 0 Å². The van der Waals surface area contributed by atoms with Gasteiger partial charge in [0, 0.05) is 31.7 Å². The first-order valence-electron chi connectivity index (χ1n) is 7.62. The summed E-state index contributed by atoms with van der Waals surface area (Å²) in [5.74, 6) is 0.784. The Morgan fingerprint density at radius 3 is 2.70 bits per heavy atom. The Labute approximate surface area is 134 Å². The van der Waals surface area contributed by atoms with Crippen molar-refractivity contribution in [2.24, 2.45) is 0 Å². The topological polar surface area (TPSA) is 51.0 Å². The molecule has 1 amide bonds. The van der Waals surface area contributed by atoms with Gasteiger partial charge in [-0.05, 0) is 29.7 Å². The van der Waals surface area contributed by atoms with Crippen LogP contribution in [0.1, 0.15) is 21.5 Å². The van der Waals surface area contributed by atoms with Crippen LogP contribution < -0.4 is 0 Å². The molecule has 4 rings (SSSR count). The van der Waals surface area contributed by atoms with Crippen molar-refractivity contribution in [2.45, 2.75) is 13.0 Å². The molecule has 5 nitrogen and oxygen atoms in total. The molecule has 3 heterocycles. The van der Waals surface area contributed by atoms with E-state index in [1.165, 1.54) is 11.1 Å². The molecule has 1 aliphatic heterocycles. The molecule has 2 aromatic heterocycles. The van der Waals surface area contributed by atoms with Gasteiger partial charge in [0.05, 0.1) is 5.56 Å². The zero-order valence-corrected chi connectivity index (χ0v) is 12.6. The lowest BCUT2D eigenvalue weighted by Crippen LogP contribution is -2.36. The van der Waals surface area contributed by atoms with Crippen molar-refractivity contribution in [2.75, 3.05) is 6.54 Å². The zero-order valence-electron chi connectivity index (χ0n) is 12.6. The normalized spacial score (nSPS) is 13.7. The minimum atomic E-state index is 0.0317. The van der Waals surface area contributed by atoms with E-state index in [1.807, 2.05) is 33.9 Å². The van der Waals surface area contributed by atoms with Gasteiger partial charge >= 0.3 is 0 Å². The van der Waals surface area contributed by atoms with Gasteiger partial charge in [-0.3, -0.25) is 9.36 Å². The van der Waals surface area contributed by atoms with E-state index in [9.17, 15) is 4.79 Å². The van der Waals surface area contributed by atoms with Gasteiger partial charge in [0.1, 0.15) is 12.1 Å². The molecule has 0 N–H and O–H groups in total. The highest BCUT2D eigenvalue weighted by Gasteiger charge is 2.21. The predicted octanol–water partition coefficient (Wildman–Crippen LogP) is 2.47. The van der Waals surface area contributed by atoms with Crippen LogP contribution in [0.5, 0.6) is 0 Å². The van der Waals surface area contributed by atoms with Gasteiger partial charge in [0.25, 0.3) is 5.91 Å². The standard InChI is InChI=1S/C18H16N4O/c23-18(21-9-7-14-3-1-2-4-16(14)12-21)15-5-6-17(20-11-15)22-10-8-19-13-22/h1-6,8,10-11,13H,7,9,12H2. The number of amides is 1. The van der Waals surface area contributed by atoms with E-state index in [0.29, 0.717) is 12.1 Å². The smallest absolute Gasteiger partial charge is 0.255 e. The van der Waals surface area contributed by atoms with Gasteiger partial charge in [-0.1, -0.05) is 24.3 Å². The zero-order chi connectivity index (χ0) is 15.6. The highest BCUT2D eigenvalue weighted by molar-refractivity contribution is 5.94. The second-order valence-electron chi connectivity index (χ2n) is 5.62. The van der Waals surface area contributed by atoms with Crippen molar-refractivity contribution in [3.63, 3.8) is 0 Å².